The first-order chi connectivity index (χ1) is 11.3. The molecule has 2 heteroatoms. The molecule has 3 rings (SSSR count). The summed E-state index contributed by atoms with van der Waals surface area (Å²) < 4.78 is 0. The third kappa shape index (κ3) is 3.48. The number of anilines is 1. The molecule has 0 saturated carbocycles. The number of rotatable bonds is 5. The fraction of sp³-hybridized carbons (Fsp3) is 0.238. The van der Waals surface area contributed by atoms with Gasteiger partial charge in [0.05, 0.1) is 6.04 Å². The Morgan fingerprint density at radius 1 is 1.00 bits per heavy atom. The zero-order valence-electron chi connectivity index (χ0n) is 13.9. The molecule has 23 heavy (non-hydrogen) atoms. The van der Waals surface area contributed by atoms with Crippen molar-refractivity contribution in [3.63, 3.8) is 0 Å². The molecule has 1 aromatic carbocycles. The number of allylic oxidation sites excluding steroid dienone is 5. The lowest BCUT2D eigenvalue weighted by Crippen LogP contribution is -2.27. The van der Waals surface area contributed by atoms with Crippen molar-refractivity contribution in [3.05, 3.63) is 83.6 Å². The third-order valence-corrected chi connectivity index (χ3v) is 4.37. The quantitative estimate of drug-likeness (QED) is 0.864. The van der Waals surface area contributed by atoms with Crippen molar-refractivity contribution < 1.29 is 0 Å². The van der Waals surface area contributed by atoms with Crippen LogP contribution in [0.25, 0.3) is 6.08 Å². The summed E-state index contributed by atoms with van der Waals surface area (Å²) in [7, 11) is 0. The number of fused-ring (bicyclic) bond motifs is 1. The van der Waals surface area contributed by atoms with E-state index in [4.69, 9.17) is 0 Å². The second-order valence-corrected chi connectivity index (χ2v) is 5.73. The minimum Gasteiger partial charge on any atom is -0.381 e. The molecular formula is C21H24N2. The summed E-state index contributed by atoms with van der Waals surface area (Å²) in [6, 6.07) is 9.08. The van der Waals surface area contributed by atoms with Crippen molar-refractivity contribution in [2.75, 3.05) is 18.0 Å². The molecule has 0 aromatic heterocycles. The molecule has 0 amide bonds. The summed E-state index contributed by atoms with van der Waals surface area (Å²) in [6.07, 6.45) is 17.1. The lowest BCUT2D eigenvalue weighted by Gasteiger charge is -2.23. The fourth-order valence-electron chi connectivity index (χ4n) is 3.02. The Bertz CT molecular complexity index is 683. The van der Waals surface area contributed by atoms with E-state index in [9.17, 15) is 0 Å². The smallest absolute Gasteiger partial charge is 0.0701 e. The van der Waals surface area contributed by atoms with Crippen LogP contribution in [0.4, 0.5) is 5.69 Å². The van der Waals surface area contributed by atoms with Crippen LogP contribution < -0.4 is 10.2 Å². The lowest BCUT2D eigenvalue weighted by molar-refractivity contribution is 0.788. The molecule has 0 fully saturated rings. The summed E-state index contributed by atoms with van der Waals surface area (Å²) in [6.45, 7) is 6.47. The van der Waals surface area contributed by atoms with Gasteiger partial charge in [-0.15, -0.1) is 0 Å². The molecule has 1 aromatic rings. The van der Waals surface area contributed by atoms with Gasteiger partial charge < -0.3 is 10.2 Å². The molecule has 2 aliphatic rings. The molecule has 118 valence electrons. The fourth-order valence-corrected chi connectivity index (χ4v) is 3.02. The van der Waals surface area contributed by atoms with E-state index in [1.165, 1.54) is 22.4 Å². The second-order valence-electron chi connectivity index (χ2n) is 5.73. The maximum absolute atomic E-state index is 3.37. The summed E-state index contributed by atoms with van der Waals surface area (Å²) >= 11 is 0. The van der Waals surface area contributed by atoms with Gasteiger partial charge in [-0.3, -0.25) is 0 Å². The molecule has 1 heterocycles. The molecule has 0 spiro atoms. The van der Waals surface area contributed by atoms with Gasteiger partial charge in [-0.05, 0) is 55.0 Å². The number of nitrogens with zero attached hydrogens (tertiary/aromatic N) is 1. The van der Waals surface area contributed by atoms with Crippen LogP contribution in [-0.4, -0.2) is 19.1 Å². The van der Waals surface area contributed by atoms with Crippen molar-refractivity contribution >= 4 is 11.8 Å². The number of benzene rings is 1. The van der Waals surface area contributed by atoms with Crippen LogP contribution in [0.2, 0.25) is 0 Å². The van der Waals surface area contributed by atoms with Crippen LogP contribution in [-0.2, 0) is 0 Å². The predicted molar refractivity (Wildman–Crippen MR) is 100 cm³/mol. The average Bonchev–Trinajstić information content (AvgIpc) is 2.62. The summed E-state index contributed by atoms with van der Waals surface area (Å²) in [5, 5.41) is 3.37. The van der Waals surface area contributed by atoms with Crippen LogP contribution >= 0.6 is 0 Å². The highest BCUT2D eigenvalue weighted by Crippen LogP contribution is 2.23. The molecule has 1 N–H and O–H groups in total. The van der Waals surface area contributed by atoms with E-state index in [0.29, 0.717) is 6.04 Å². The van der Waals surface area contributed by atoms with E-state index in [-0.39, 0.29) is 0 Å². The topological polar surface area (TPSA) is 15.3 Å². The van der Waals surface area contributed by atoms with E-state index in [1.54, 1.807) is 0 Å². The summed E-state index contributed by atoms with van der Waals surface area (Å²) in [5.74, 6) is 0. The minimum atomic E-state index is 0.301. The van der Waals surface area contributed by atoms with Crippen molar-refractivity contribution in [3.8, 4) is 0 Å². The number of hydrogen-bond acceptors (Lipinski definition) is 2. The van der Waals surface area contributed by atoms with Gasteiger partial charge in [0.1, 0.15) is 0 Å². The highest BCUT2D eigenvalue weighted by atomic mass is 15.1. The highest BCUT2D eigenvalue weighted by Gasteiger charge is 2.14. The van der Waals surface area contributed by atoms with Crippen LogP contribution in [0.5, 0.6) is 0 Å². The Hall–Kier alpha value is -2.48. The molecule has 0 bridgehead atoms. The molecule has 1 aliphatic carbocycles. The maximum Gasteiger partial charge on any atom is 0.0701 e. The Labute approximate surface area is 139 Å². The van der Waals surface area contributed by atoms with Gasteiger partial charge in [0.2, 0.25) is 0 Å². The molecule has 1 aliphatic heterocycles. The maximum atomic E-state index is 3.37. The lowest BCUT2D eigenvalue weighted by atomic mass is 9.93. The third-order valence-electron chi connectivity index (χ3n) is 4.37. The monoisotopic (exact) mass is 304 g/mol. The van der Waals surface area contributed by atoms with Gasteiger partial charge in [-0.2, -0.15) is 0 Å². The Kier molecular flexibility index (Phi) is 4.82. The van der Waals surface area contributed by atoms with Crippen molar-refractivity contribution in [1.82, 2.24) is 5.32 Å². The van der Waals surface area contributed by atoms with Crippen molar-refractivity contribution in [1.29, 1.82) is 0 Å². The SMILES string of the molecule is CCN(CC)c1ccc(/C=C/C2=C3C=CC=CC3NC=C2)cc1. The summed E-state index contributed by atoms with van der Waals surface area (Å²) in [4.78, 5) is 2.36. The molecular weight excluding hydrogens is 280 g/mol. The van der Waals surface area contributed by atoms with Crippen LogP contribution in [0.1, 0.15) is 19.4 Å². The summed E-state index contributed by atoms with van der Waals surface area (Å²) in [5.41, 5.74) is 5.11. The first kappa shape index (κ1) is 15.4. The van der Waals surface area contributed by atoms with Crippen LogP contribution in [0.3, 0.4) is 0 Å². The first-order valence-corrected chi connectivity index (χ1v) is 8.36. The average molecular weight is 304 g/mol. The second kappa shape index (κ2) is 7.19. The Balaban J connectivity index is 1.78. The van der Waals surface area contributed by atoms with E-state index in [0.717, 1.165) is 13.1 Å². The molecule has 1 unspecified atom stereocenters. The largest absolute Gasteiger partial charge is 0.381 e. The highest BCUT2D eigenvalue weighted by molar-refractivity contribution is 5.61. The van der Waals surface area contributed by atoms with E-state index in [2.05, 4.69) is 90.9 Å². The van der Waals surface area contributed by atoms with Crippen LogP contribution in [0.15, 0.2) is 78.1 Å². The number of hydrogen-bond donors (Lipinski definition) is 1. The molecule has 1 atom stereocenters. The first-order valence-electron chi connectivity index (χ1n) is 8.36. The van der Waals surface area contributed by atoms with Gasteiger partial charge in [0.25, 0.3) is 0 Å². The standard InChI is InChI=1S/C21H24N2/c1-3-23(4-2)19-13-10-17(11-14-19)9-12-18-15-16-22-21-8-6-5-7-20(18)21/h5-16,21-22H,3-4H2,1-2H3/b12-9+. The van der Waals surface area contributed by atoms with E-state index >= 15 is 0 Å². The van der Waals surface area contributed by atoms with Gasteiger partial charge in [-0.25, -0.2) is 0 Å². The van der Waals surface area contributed by atoms with Gasteiger partial charge in [-0.1, -0.05) is 48.6 Å². The molecule has 0 radical (unpaired) electrons. The zero-order chi connectivity index (χ0) is 16.1. The Morgan fingerprint density at radius 3 is 2.52 bits per heavy atom. The van der Waals surface area contributed by atoms with E-state index < -0.39 is 0 Å². The normalized spacial score (nSPS) is 19.1. The van der Waals surface area contributed by atoms with Crippen molar-refractivity contribution in [2.24, 2.45) is 0 Å². The van der Waals surface area contributed by atoms with Crippen LogP contribution in [0, 0.1) is 0 Å². The predicted octanol–water partition coefficient (Wildman–Crippen LogP) is 4.45. The zero-order valence-corrected chi connectivity index (χ0v) is 13.9. The van der Waals surface area contributed by atoms with Crippen molar-refractivity contribution in [2.45, 2.75) is 19.9 Å². The van der Waals surface area contributed by atoms with Gasteiger partial charge in [0.15, 0.2) is 0 Å². The number of dihydropyridines is 1. The van der Waals surface area contributed by atoms with E-state index in [1.807, 2.05) is 6.20 Å². The Morgan fingerprint density at radius 2 is 1.78 bits per heavy atom. The number of nitrogens with one attached hydrogen (secondary N) is 1. The minimum absolute atomic E-state index is 0.301. The van der Waals surface area contributed by atoms with Gasteiger partial charge >= 0.3 is 0 Å². The molecule has 2 nitrogen and oxygen atoms in total. The van der Waals surface area contributed by atoms with Gasteiger partial charge in [0, 0.05) is 18.8 Å². The molecule has 0 saturated heterocycles.